The number of ether oxygens (including phenoxy) is 1. The number of nitrogens with one attached hydrogen (secondary N) is 1. The number of nitrogens with zero attached hydrogens (tertiary/aromatic N) is 2. The lowest BCUT2D eigenvalue weighted by molar-refractivity contribution is -0.156. The molecule has 1 N–H and O–H groups in total. The number of anilines is 1. The SMILES string of the molecule is Cc1cc(CN2CCN(CC(=O)OC(C)(C)C)CC2)cc(NC=O)c1. The highest BCUT2D eigenvalue weighted by atomic mass is 16.6. The Bertz CT molecular complexity index is 602. The van der Waals surface area contributed by atoms with Gasteiger partial charge in [0.15, 0.2) is 0 Å². The number of benzene rings is 1. The molecule has 0 aromatic heterocycles. The summed E-state index contributed by atoms with van der Waals surface area (Å²) in [6.07, 6.45) is 0.702. The van der Waals surface area contributed by atoms with Gasteiger partial charge in [-0.2, -0.15) is 0 Å². The summed E-state index contributed by atoms with van der Waals surface area (Å²) < 4.78 is 5.38. The minimum atomic E-state index is -0.433. The second kappa shape index (κ2) is 8.45. The molecule has 1 aromatic carbocycles. The van der Waals surface area contributed by atoms with E-state index in [0.717, 1.165) is 44.0 Å². The molecule has 0 atom stereocenters. The van der Waals surface area contributed by atoms with Crippen LogP contribution in [0.1, 0.15) is 31.9 Å². The molecular weight excluding hydrogens is 318 g/mol. The molecule has 0 radical (unpaired) electrons. The van der Waals surface area contributed by atoms with Gasteiger partial charge in [0.05, 0.1) is 6.54 Å². The molecule has 1 fully saturated rings. The first-order chi connectivity index (χ1) is 11.7. The Kier molecular flexibility index (Phi) is 6.56. The molecule has 0 aliphatic carbocycles. The lowest BCUT2D eigenvalue weighted by Crippen LogP contribution is -2.48. The Morgan fingerprint density at radius 3 is 2.40 bits per heavy atom. The fourth-order valence-electron chi connectivity index (χ4n) is 3.03. The Morgan fingerprint density at radius 2 is 1.80 bits per heavy atom. The van der Waals surface area contributed by atoms with Crippen LogP contribution < -0.4 is 5.32 Å². The highest BCUT2D eigenvalue weighted by Crippen LogP contribution is 2.17. The van der Waals surface area contributed by atoms with Crippen LogP contribution >= 0.6 is 0 Å². The number of aryl methyl sites for hydroxylation is 1. The summed E-state index contributed by atoms with van der Waals surface area (Å²) in [5.74, 6) is -0.163. The molecule has 1 aromatic rings. The van der Waals surface area contributed by atoms with Crippen molar-refractivity contribution in [3.63, 3.8) is 0 Å². The summed E-state index contributed by atoms with van der Waals surface area (Å²) in [6, 6.07) is 6.11. The highest BCUT2D eigenvalue weighted by molar-refractivity contribution is 5.72. The predicted octanol–water partition coefficient (Wildman–Crippen LogP) is 2.02. The molecule has 0 unspecified atom stereocenters. The molecule has 0 saturated carbocycles. The molecule has 1 amide bonds. The van der Waals surface area contributed by atoms with Gasteiger partial charge in [0.1, 0.15) is 5.60 Å². The Balaban J connectivity index is 1.82. The van der Waals surface area contributed by atoms with Crippen molar-refractivity contribution in [3.8, 4) is 0 Å². The normalized spacial score (nSPS) is 16.5. The van der Waals surface area contributed by atoms with E-state index in [0.29, 0.717) is 13.0 Å². The van der Waals surface area contributed by atoms with Crippen molar-refractivity contribution in [1.29, 1.82) is 0 Å². The van der Waals surface area contributed by atoms with Gasteiger partial charge in [-0.1, -0.05) is 6.07 Å². The largest absolute Gasteiger partial charge is 0.459 e. The summed E-state index contributed by atoms with van der Waals surface area (Å²) in [4.78, 5) is 27.1. The zero-order valence-electron chi connectivity index (χ0n) is 15.7. The quantitative estimate of drug-likeness (QED) is 0.630. The average Bonchev–Trinajstić information content (AvgIpc) is 2.47. The van der Waals surface area contributed by atoms with Crippen LogP contribution in [-0.4, -0.2) is 60.5 Å². The summed E-state index contributed by atoms with van der Waals surface area (Å²) in [6.45, 7) is 12.4. The minimum Gasteiger partial charge on any atom is -0.459 e. The minimum absolute atomic E-state index is 0.163. The molecule has 1 aliphatic rings. The molecule has 1 aliphatic heterocycles. The van der Waals surface area contributed by atoms with Gasteiger partial charge in [-0.15, -0.1) is 0 Å². The molecule has 1 heterocycles. The van der Waals surface area contributed by atoms with Gasteiger partial charge in [-0.3, -0.25) is 19.4 Å². The summed E-state index contributed by atoms with van der Waals surface area (Å²) in [7, 11) is 0. The van der Waals surface area contributed by atoms with Crippen LogP contribution in [0.2, 0.25) is 0 Å². The van der Waals surface area contributed by atoms with E-state index < -0.39 is 5.60 Å². The summed E-state index contributed by atoms with van der Waals surface area (Å²) in [5, 5.41) is 2.71. The first kappa shape index (κ1) is 19.4. The lowest BCUT2D eigenvalue weighted by Gasteiger charge is -2.34. The number of piperazine rings is 1. The van der Waals surface area contributed by atoms with Gasteiger partial charge >= 0.3 is 5.97 Å². The molecule has 6 heteroatoms. The number of esters is 1. The lowest BCUT2D eigenvalue weighted by atomic mass is 10.1. The van der Waals surface area contributed by atoms with Gasteiger partial charge < -0.3 is 10.1 Å². The number of rotatable bonds is 6. The monoisotopic (exact) mass is 347 g/mol. The number of carbonyl (C=O) groups excluding carboxylic acids is 2. The van der Waals surface area contributed by atoms with E-state index in [1.165, 1.54) is 5.56 Å². The van der Waals surface area contributed by atoms with E-state index in [2.05, 4.69) is 21.2 Å². The summed E-state index contributed by atoms with van der Waals surface area (Å²) in [5.41, 5.74) is 2.71. The topological polar surface area (TPSA) is 61.9 Å². The number of hydrogen-bond acceptors (Lipinski definition) is 5. The van der Waals surface area contributed by atoms with Crippen LogP contribution in [0, 0.1) is 6.92 Å². The van der Waals surface area contributed by atoms with Crippen LogP contribution in [0.15, 0.2) is 18.2 Å². The fourth-order valence-corrected chi connectivity index (χ4v) is 3.03. The third kappa shape index (κ3) is 6.84. The Hall–Kier alpha value is -1.92. The van der Waals surface area contributed by atoms with Crippen molar-refractivity contribution in [3.05, 3.63) is 29.3 Å². The molecule has 138 valence electrons. The van der Waals surface area contributed by atoms with Gasteiger partial charge in [0, 0.05) is 38.4 Å². The second-order valence-electron chi connectivity index (χ2n) is 7.61. The number of amides is 1. The molecule has 1 saturated heterocycles. The average molecular weight is 347 g/mol. The maximum atomic E-state index is 11.9. The maximum Gasteiger partial charge on any atom is 0.320 e. The Labute approximate surface area is 150 Å². The zero-order valence-corrected chi connectivity index (χ0v) is 15.7. The first-order valence-corrected chi connectivity index (χ1v) is 8.72. The van der Waals surface area contributed by atoms with Crippen molar-refractivity contribution in [2.75, 3.05) is 38.0 Å². The van der Waals surface area contributed by atoms with Crippen LogP contribution in [-0.2, 0) is 20.9 Å². The number of carbonyl (C=O) groups is 2. The van der Waals surface area contributed by atoms with Crippen LogP contribution in [0.3, 0.4) is 0 Å². The van der Waals surface area contributed by atoms with Gasteiger partial charge in [0.2, 0.25) is 6.41 Å². The molecule has 6 nitrogen and oxygen atoms in total. The van der Waals surface area contributed by atoms with Crippen LogP contribution in [0.5, 0.6) is 0 Å². The van der Waals surface area contributed by atoms with Crippen LogP contribution in [0.25, 0.3) is 0 Å². The van der Waals surface area contributed by atoms with E-state index in [9.17, 15) is 9.59 Å². The van der Waals surface area contributed by atoms with Crippen molar-refractivity contribution in [2.45, 2.75) is 39.8 Å². The first-order valence-electron chi connectivity index (χ1n) is 8.72. The zero-order chi connectivity index (χ0) is 18.4. The smallest absolute Gasteiger partial charge is 0.320 e. The maximum absolute atomic E-state index is 11.9. The van der Waals surface area contributed by atoms with Crippen LogP contribution in [0.4, 0.5) is 5.69 Å². The van der Waals surface area contributed by atoms with Crippen molar-refractivity contribution in [1.82, 2.24) is 9.80 Å². The van der Waals surface area contributed by atoms with E-state index >= 15 is 0 Å². The van der Waals surface area contributed by atoms with E-state index in [1.807, 2.05) is 39.8 Å². The molecular formula is C19H29N3O3. The van der Waals surface area contributed by atoms with Gasteiger partial charge in [0.25, 0.3) is 0 Å². The van der Waals surface area contributed by atoms with Crippen molar-refractivity contribution >= 4 is 18.1 Å². The molecule has 0 bridgehead atoms. The third-order valence-electron chi connectivity index (χ3n) is 4.01. The van der Waals surface area contributed by atoms with Gasteiger partial charge in [-0.25, -0.2) is 0 Å². The third-order valence-corrected chi connectivity index (χ3v) is 4.01. The fraction of sp³-hybridized carbons (Fsp3) is 0.579. The highest BCUT2D eigenvalue weighted by Gasteiger charge is 2.22. The van der Waals surface area contributed by atoms with Crippen molar-refractivity contribution in [2.24, 2.45) is 0 Å². The molecule has 25 heavy (non-hydrogen) atoms. The van der Waals surface area contributed by atoms with E-state index in [1.54, 1.807) is 0 Å². The summed E-state index contributed by atoms with van der Waals surface area (Å²) >= 11 is 0. The predicted molar refractivity (Wildman–Crippen MR) is 98.4 cm³/mol. The molecule has 0 spiro atoms. The van der Waals surface area contributed by atoms with E-state index in [4.69, 9.17) is 4.74 Å². The number of hydrogen-bond donors (Lipinski definition) is 1. The van der Waals surface area contributed by atoms with Crippen molar-refractivity contribution < 1.29 is 14.3 Å². The Morgan fingerprint density at radius 1 is 1.16 bits per heavy atom. The van der Waals surface area contributed by atoms with E-state index in [-0.39, 0.29) is 5.97 Å². The van der Waals surface area contributed by atoms with Gasteiger partial charge in [-0.05, 0) is 51.0 Å². The standard InChI is InChI=1S/C19H29N3O3/c1-15-9-16(11-17(10-15)20-14-23)12-21-5-7-22(8-6-21)13-18(24)25-19(2,3)4/h9-11,14H,5-8,12-13H2,1-4H3,(H,20,23). The molecule has 2 rings (SSSR count). The second-order valence-corrected chi connectivity index (χ2v) is 7.61.